The van der Waals surface area contributed by atoms with Crippen LogP contribution < -0.4 is 10.7 Å². The molecule has 0 heterocycles. The highest BCUT2D eigenvalue weighted by Crippen LogP contribution is 2.10. The number of hydrazone groups is 1. The van der Waals surface area contributed by atoms with Crippen molar-refractivity contribution in [2.24, 2.45) is 5.10 Å². The van der Waals surface area contributed by atoms with Crippen molar-refractivity contribution in [2.45, 2.75) is 59.3 Å². The van der Waals surface area contributed by atoms with Crippen molar-refractivity contribution in [1.29, 1.82) is 0 Å². The van der Waals surface area contributed by atoms with E-state index < -0.39 is 0 Å². The Balaban J connectivity index is 2.59. The Morgan fingerprint density at radius 3 is 2.26 bits per heavy atom. The first-order chi connectivity index (χ1) is 11.1. The third-order valence-corrected chi connectivity index (χ3v) is 3.45. The molecular formula is C18H27N3O2. The van der Waals surface area contributed by atoms with Gasteiger partial charge in [0.15, 0.2) is 0 Å². The maximum absolute atomic E-state index is 12.1. The number of hydrogen-bond acceptors (Lipinski definition) is 3. The second-order valence-electron chi connectivity index (χ2n) is 5.45. The summed E-state index contributed by atoms with van der Waals surface area (Å²) in [7, 11) is 0. The summed E-state index contributed by atoms with van der Waals surface area (Å²) in [6, 6.07) is 6.82. The van der Waals surface area contributed by atoms with Gasteiger partial charge < -0.3 is 5.32 Å². The first kappa shape index (κ1) is 18.9. The SMILES string of the molecule is CCCC/C(CC)=N/NC(=O)c1ccc(NC(=O)CCC)cc1. The van der Waals surface area contributed by atoms with E-state index in [2.05, 4.69) is 22.8 Å². The lowest BCUT2D eigenvalue weighted by Crippen LogP contribution is -2.19. The first-order valence-corrected chi connectivity index (χ1v) is 8.36. The molecule has 1 rings (SSSR count). The topological polar surface area (TPSA) is 70.6 Å². The average molecular weight is 317 g/mol. The number of anilines is 1. The van der Waals surface area contributed by atoms with Crippen LogP contribution in [0.15, 0.2) is 29.4 Å². The highest BCUT2D eigenvalue weighted by Gasteiger charge is 2.06. The van der Waals surface area contributed by atoms with Gasteiger partial charge in [0, 0.05) is 23.4 Å². The van der Waals surface area contributed by atoms with Gasteiger partial charge in [0.2, 0.25) is 5.91 Å². The quantitative estimate of drug-likeness (QED) is 0.531. The van der Waals surface area contributed by atoms with Crippen LogP contribution >= 0.6 is 0 Å². The fourth-order valence-electron chi connectivity index (χ4n) is 2.04. The summed E-state index contributed by atoms with van der Waals surface area (Å²) in [4.78, 5) is 23.6. The Bertz CT molecular complexity index is 536. The molecule has 0 atom stereocenters. The molecule has 0 unspecified atom stereocenters. The normalized spacial score (nSPS) is 11.2. The molecule has 5 heteroatoms. The molecule has 0 radical (unpaired) electrons. The van der Waals surface area contributed by atoms with Gasteiger partial charge in [-0.25, -0.2) is 5.43 Å². The molecule has 126 valence electrons. The van der Waals surface area contributed by atoms with E-state index in [1.807, 2.05) is 13.8 Å². The molecule has 1 aromatic carbocycles. The van der Waals surface area contributed by atoms with E-state index in [1.165, 1.54) is 0 Å². The van der Waals surface area contributed by atoms with Gasteiger partial charge in [0.25, 0.3) is 5.91 Å². The van der Waals surface area contributed by atoms with Crippen LogP contribution in [-0.4, -0.2) is 17.5 Å². The van der Waals surface area contributed by atoms with E-state index in [4.69, 9.17) is 0 Å². The summed E-state index contributed by atoms with van der Waals surface area (Å²) in [5.74, 6) is -0.253. The molecule has 0 bridgehead atoms. The monoisotopic (exact) mass is 317 g/mol. The molecule has 0 aliphatic heterocycles. The minimum absolute atomic E-state index is 0.0159. The van der Waals surface area contributed by atoms with E-state index in [1.54, 1.807) is 24.3 Å². The standard InChI is InChI=1S/C18H27N3O2/c1-4-7-9-15(6-3)20-21-18(23)14-10-12-16(13-11-14)19-17(22)8-5-2/h10-13H,4-9H2,1-3H3,(H,19,22)(H,21,23)/b20-15+. The number of hydrogen-bond donors (Lipinski definition) is 2. The molecule has 23 heavy (non-hydrogen) atoms. The fourth-order valence-corrected chi connectivity index (χ4v) is 2.04. The molecule has 1 aromatic rings. The van der Waals surface area contributed by atoms with Gasteiger partial charge in [-0.2, -0.15) is 5.10 Å². The van der Waals surface area contributed by atoms with E-state index in [0.717, 1.165) is 37.8 Å². The molecule has 0 aliphatic carbocycles. The van der Waals surface area contributed by atoms with Crippen LogP contribution in [-0.2, 0) is 4.79 Å². The number of nitrogens with one attached hydrogen (secondary N) is 2. The molecule has 0 saturated heterocycles. The summed E-state index contributed by atoms with van der Waals surface area (Å²) in [5, 5.41) is 6.99. The number of unbranched alkanes of at least 4 members (excludes halogenated alkanes) is 1. The van der Waals surface area contributed by atoms with Crippen LogP contribution in [0.3, 0.4) is 0 Å². The van der Waals surface area contributed by atoms with Crippen molar-refractivity contribution < 1.29 is 9.59 Å². The molecule has 2 N–H and O–H groups in total. The zero-order valence-corrected chi connectivity index (χ0v) is 14.3. The smallest absolute Gasteiger partial charge is 0.271 e. The lowest BCUT2D eigenvalue weighted by Gasteiger charge is -2.06. The number of benzene rings is 1. The highest BCUT2D eigenvalue weighted by molar-refractivity contribution is 5.96. The van der Waals surface area contributed by atoms with Gasteiger partial charge in [-0.1, -0.05) is 27.2 Å². The largest absolute Gasteiger partial charge is 0.326 e. The third kappa shape index (κ3) is 7.08. The lowest BCUT2D eigenvalue weighted by molar-refractivity contribution is -0.116. The number of carbonyl (C=O) groups is 2. The summed E-state index contributed by atoms with van der Waals surface area (Å²) in [5.41, 5.74) is 4.82. The first-order valence-electron chi connectivity index (χ1n) is 8.36. The van der Waals surface area contributed by atoms with Crippen molar-refractivity contribution in [3.63, 3.8) is 0 Å². The number of carbonyl (C=O) groups excluding carboxylic acids is 2. The van der Waals surface area contributed by atoms with Crippen LogP contribution in [0, 0.1) is 0 Å². The van der Waals surface area contributed by atoms with Crippen molar-refractivity contribution in [1.82, 2.24) is 5.43 Å². The van der Waals surface area contributed by atoms with Crippen LogP contribution in [0.25, 0.3) is 0 Å². The molecular weight excluding hydrogens is 290 g/mol. The minimum atomic E-state index is -0.237. The van der Waals surface area contributed by atoms with E-state index >= 15 is 0 Å². The number of nitrogens with zero attached hydrogens (tertiary/aromatic N) is 1. The molecule has 2 amide bonds. The Morgan fingerprint density at radius 1 is 1.00 bits per heavy atom. The second kappa shape index (κ2) is 10.5. The maximum atomic E-state index is 12.1. The van der Waals surface area contributed by atoms with E-state index in [9.17, 15) is 9.59 Å². The van der Waals surface area contributed by atoms with Crippen LogP contribution in [0.2, 0.25) is 0 Å². The average Bonchev–Trinajstić information content (AvgIpc) is 2.55. The Kier molecular flexibility index (Phi) is 8.65. The van der Waals surface area contributed by atoms with Crippen molar-refractivity contribution in [3.05, 3.63) is 29.8 Å². The van der Waals surface area contributed by atoms with Crippen molar-refractivity contribution in [2.75, 3.05) is 5.32 Å². The van der Waals surface area contributed by atoms with Gasteiger partial charge >= 0.3 is 0 Å². The predicted octanol–water partition coefficient (Wildman–Crippen LogP) is 4.11. The second-order valence-corrected chi connectivity index (χ2v) is 5.45. The maximum Gasteiger partial charge on any atom is 0.271 e. The van der Waals surface area contributed by atoms with E-state index in [-0.39, 0.29) is 11.8 Å². The Hall–Kier alpha value is -2.17. The van der Waals surface area contributed by atoms with Gasteiger partial charge in [-0.15, -0.1) is 0 Å². The van der Waals surface area contributed by atoms with Gasteiger partial charge in [0.1, 0.15) is 0 Å². The third-order valence-electron chi connectivity index (χ3n) is 3.45. The minimum Gasteiger partial charge on any atom is -0.326 e. The molecule has 0 aliphatic rings. The molecule has 0 fully saturated rings. The zero-order chi connectivity index (χ0) is 17.1. The van der Waals surface area contributed by atoms with Crippen LogP contribution in [0.4, 0.5) is 5.69 Å². The summed E-state index contributed by atoms with van der Waals surface area (Å²) >= 11 is 0. The molecule has 0 spiro atoms. The molecule has 0 saturated carbocycles. The van der Waals surface area contributed by atoms with Gasteiger partial charge in [-0.3, -0.25) is 9.59 Å². The lowest BCUT2D eigenvalue weighted by atomic mass is 10.1. The summed E-state index contributed by atoms with van der Waals surface area (Å²) < 4.78 is 0. The zero-order valence-electron chi connectivity index (χ0n) is 14.3. The molecule has 5 nitrogen and oxygen atoms in total. The van der Waals surface area contributed by atoms with Crippen LogP contribution in [0.1, 0.15) is 69.7 Å². The number of amides is 2. The van der Waals surface area contributed by atoms with Gasteiger partial charge in [0.05, 0.1) is 0 Å². The van der Waals surface area contributed by atoms with Crippen molar-refractivity contribution in [3.8, 4) is 0 Å². The fraction of sp³-hybridized carbons (Fsp3) is 0.500. The van der Waals surface area contributed by atoms with Crippen LogP contribution in [0.5, 0.6) is 0 Å². The Labute approximate surface area is 138 Å². The van der Waals surface area contributed by atoms with E-state index in [0.29, 0.717) is 17.7 Å². The van der Waals surface area contributed by atoms with Gasteiger partial charge in [-0.05, 0) is 49.9 Å². The predicted molar refractivity (Wildman–Crippen MR) is 94.7 cm³/mol. The number of rotatable bonds is 9. The summed E-state index contributed by atoms with van der Waals surface area (Å²) in [6.07, 6.45) is 5.24. The Morgan fingerprint density at radius 2 is 1.70 bits per heavy atom. The van der Waals surface area contributed by atoms with Crippen molar-refractivity contribution >= 4 is 23.2 Å². The highest BCUT2D eigenvalue weighted by atomic mass is 16.2. The summed E-state index contributed by atoms with van der Waals surface area (Å²) in [6.45, 7) is 6.12. The molecule has 0 aromatic heterocycles.